The summed E-state index contributed by atoms with van der Waals surface area (Å²) < 4.78 is 5.76. The molecule has 3 rings (SSSR count). The van der Waals surface area contributed by atoms with Crippen molar-refractivity contribution in [1.29, 1.82) is 0 Å². The fraction of sp³-hybridized carbons (Fsp3) is 0.150. The van der Waals surface area contributed by atoms with Gasteiger partial charge in [0.25, 0.3) is 0 Å². The van der Waals surface area contributed by atoms with Crippen molar-refractivity contribution in [3.8, 4) is 5.75 Å². The highest BCUT2D eigenvalue weighted by Crippen LogP contribution is 2.24. The van der Waals surface area contributed by atoms with E-state index in [1.807, 2.05) is 54.6 Å². The molecule has 0 aromatic heterocycles. The Balaban J connectivity index is 1.67. The summed E-state index contributed by atoms with van der Waals surface area (Å²) >= 11 is 0. The zero-order chi connectivity index (χ0) is 17.6. The van der Waals surface area contributed by atoms with Gasteiger partial charge in [-0.05, 0) is 34.9 Å². The van der Waals surface area contributed by atoms with E-state index in [2.05, 4.69) is 0 Å². The molecule has 1 atom stereocenters. The minimum atomic E-state index is -0.991. The largest absolute Gasteiger partial charge is 0.489 e. The predicted octanol–water partition coefficient (Wildman–Crippen LogP) is 2.88. The number of aliphatic hydroxyl groups is 1. The zero-order valence-electron chi connectivity index (χ0n) is 13.6. The number of aliphatic hydroxyl groups excluding tert-OH is 1. The number of ether oxygens (including phenoxy) is 1. The Bertz CT molecular complexity index is 781. The molecule has 0 aliphatic carbocycles. The van der Waals surface area contributed by atoms with Crippen molar-refractivity contribution in [3.05, 3.63) is 84.1 Å². The monoisotopic (exact) mass is 337 g/mol. The van der Waals surface area contributed by atoms with Crippen LogP contribution in [0.25, 0.3) is 5.57 Å². The summed E-state index contributed by atoms with van der Waals surface area (Å²) in [4.78, 5) is 12.2. The maximum Gasteiger partial charge on any atom is 0.323 e. The average molecular weight is 337 g/mol. The number of carboxylic acid groups (broad SMARTS) is 1. The van der Waals surface area contributed by atoms with Gasteiger partial charge in [-0.25, -0.2) is 0 Å². The van der Waals surface area contributed by atoms with Gasteiger partial charge in [-0.3, -0.25) is 4.79 Å². The number of hydrogen-bond donors (Lipinski definition) is 2. The first-order valence-electron chi connectivity index (χ1n) is 7.94. The second-order valence-electron chi connectivity index (χ2n) is 5.72. The van der Waals surface area contributed by atoms with Crippen molar-refractivity contribution in [1.82, 2.24) is 4.90 Å². The van der Waals surface area contributed by atoms with Gasteiger partial charge < -0.3 is 19.8 Å². The van der Waals surface area contributed by atoms with E-state index in [0.717, 1.165) is 22.4 Å². The smallest absolute Gasteiger partial charge is 0.323 e. The van der Waals surface area contributed by atoms with Crippen LogP contribution in [0.4, 0.5) is 0 Å². The van der Waals surface area contributed by atoms with Crippen LogP contribution >= 0.6 is 0 Å². The third-order valence-corrected chi connectivity index (χ3v) is 3.85. The molecule has 1 aliphatic rings. The molecule has 0 saturated carbocycles. The number of aliphatic carboxylic acids is 1. The van der Waals surface area contributed by atoms with Gasteiger partial charge >= 0.3 is 5.97 Å². The van der Waals surface area contributed by atoms with Gasteiger partial charge in [0.05, 0.1) is 0 Å². The molecule has 2 N–H and O–H groups in total. The van der Waals surface area contributed by atoms with Crippen molar-refractivity contribution in [2.45, 2.75) is 12.8 Å². The third-order valence-electron chi connectivity index (χ3n) is 3.85. The summed E-state index contributed by atoms with van der Waals surface area (Å²) in [7, 11) is 0. The molecule has 0 fully saturated rings. The van der Waals surface area contributed by atoms with Gasteiger partial charge in [0.15, 0.2) is 0 Å². The standard InChI is InChI=1S/C20H19NO4/c22-19-11-8-17(12-21(19)13-20(23)24)16-6-9-18(10-7-16)25-14-15-4-2-1-3-5-15/h1-12,19,22H,13-14H2,(H,23,24). The molecular weight excluding hydrogens is 318 g/mol. The Labute approximate surface area is 146 Å². The summed E-state index contributed by atoms with van der Waals surface area (Å²) in [5.41, 5.74) is 2.86. The van der Waals surface area contributed by atoms with Crippen LogP contribution in [0.2, 0.25) is 0 Å². The quantitative estimate of drug-likeness (QED) is 0.848. The van der Waals surface area contributed by atoms with E-state index < -0.39 is 12.2 Å². The highest BCUT2D eigenvalue weighted by molar-refractivity contribution is 5.76. The van der Waals surface area contributed by atoms with Crippen LogP contribution in [0, 0.1) is 0 Å². The number of carbonyl (C=O) groups is 1. The fourth-order valence-corrected chi connectivity index (χ4v) is 2.55. The maximum absolute atomic E-state index is 10.9. The SMILES string of the molecule is O=C(O)CN1C=C(c2ccc(OCc3ccccc3)cc2)C=CC1O. The molecule has 0 spiro atoms. The Morgan fingerprint density at radius 3 is 2.48 bits per heavy atom. The molecule has 0 saturated heterocycles. The molecule has 2 aromatic carbocycles. The van der Waals surface area contributed by atoms with Crippen LogP contribution in [0.15, 0.2) is 72.9 Å². The van der Waals surface area contributed by atoms with Gasteiger partial charge in [-0.1, -0.05) is 48.5 Å². The average Bonchev–Trinajstić information content (AvgIpc) is 2.63. The van der Waals surface area contributed by atoms with Gasteiger partial charge in [-0.15, -0.1) is 0 Å². The normalized spacial score (nSPS) is 16.4. The van der Waals surface area contributed by atoms with Gasteiger partial charge in [0.2, 0.25) is 0 Å². The molecule has 2 aromatic rings. The van der Waals surface area contributed by atoms with Crippen LogP contribution in [0.1, 0.15) is 11.1 Å². The number of rotatable bonds is 6. The fourth-order valence-electron chi connectivity index (χ4n) is 2.55. The summed E-state index contributed by atoms with van der Waals surface area (Å²) in [5, 5.41) is 18.7. The minimum Gasteiger partial charge on any atom is -0.489 e. The van der Waals surface area contributed by atoms with E-state index in [-0.39, 0.29) is 6.54 Å². The molecule has 25 heavy (non-hydrogen) atoms. The maximum atomic E-state index is 10.9. The van der Waals surface area contributed by atoms with Crippen molar-refractivity contribution in [3.63, 3.8) is 0 Å². The lowest BCUT2D eigenvalue weighted by atomic mass is 10.0. The lowest BCUT2D eigenvalue weighted by Gasteiger charge is -2.26. The van der Waals surface area contributed by atoms with Crippen molar-refractivity contribution >= 4 is 11.5 Å². The molecule has 0 amide bonds. The van der Waals surface area contributed by atoms with Crippen molar-refractivity contribution in [2.75, 3.05) is 6.54 Å². The van der Waals surface area contributed by atoms with Gasteiger partial charge in [0, 0.05) is 6.20 Å². The molecule has 5 heteroatoms. The van der Waals surface area contributed by atoms with E-state index in [1.165, 1.54) is 4.90 Å². The Kier molecular flexibility index (Phi) is 5.16. The lowest BCUT2D eigenvalue weighted by molar-refractivity contribution is -0.139. The van der Waals surface area contributed by atoms with E-state index >= 15 is 0 Å². The van der Waals surface area contributed by atoms with Crippen LogP contribution in [-0.2, 0) is 11.4 Å². The Morgan fingerprint density at radius 2 is 1.80 bits per heavy atom. The Morgan fingerprint density at radius 1 is 1.08 bits per heavy atom. The van der Waals surface area contributed by atoms with Crippen LogP contribution in [-0.4, -0.2) is 33.9 Å². The topological polar surface area (TPSA) is 70.0 Å². The van der Waals surface area contributed by atoms with Gasteiger partial charge in [-0.2, -0.15) is 0 Å². The second-order valence-corrected chi connectivity index (χ2v) is 5.72. The number of allylic oxidation sites excluding steroid dienone is 2. The molecule has 0 bridgehead atoms. The first-order chi connectivity index (χ1) is 12.1. The van der Waals surface area contributed by atoms with Crippen LogP contribution in [0.5, 0.6) is 5.75 Å². The number of nitrogens with zero attached hydrogens (tertiary/aromatic N) is 1. The molecular formula is C20H19NO4. The van der Waals surface area contributed by atoms with E-state index in [9.17, 15) is 9.90 Å². The summed E-state index contributed by atoms with van der Waals surface area (Å²) in [5.74, 6) is -0.231. The van der Waals surface area contributed by atoms with Crippen molar-refractivity contribution < 1.29 is 19.7 Å². The van der Waals surface area contributed by atoms with E-state index in [0.29, 0.717) is 6.61 Å². The van der Waals surface area contributed by atoms with Gasteiger partial charge in [0.1, 0.15) is 25.1 Å². The van der Waals surface area contributed by atoms with Crippen LogP contribution in [0.3, 0.4) is 0 Å². The third kappa shape index (κ3) is 4.49. The first-order valence-corrected chi connectivity index (χ1v) is 7.94. The molecule has 0 radical (unpaired) electrons. The summed E-state index contributed by atoms with van der Waals surface area (Å²) in [6.07, 6.45) is 4.08. The Hall–Kier alpha value is -3.05. The van der Waals surface area contributed by atoms with Crippen LogP contribution < -0.4 is 4.74 Å². The molecule has 1 heterocycles. The minimum absolute atomic E-state index is 0.257. The highest BCUT2D eigenvalue weighted by Gasteiger charge is 2.17. The number of carboxylic acids is 1. The summed E-state index contributed by atoms with van der Waals surface area (Å²) in [6.45, 7) is 0.245. The second kappa shape index (κ2) is 7.68. The molecule has 5 nitrogen and oxygen atoms in total. The summed E-state index contributed by atoms with van der Waals surface area (Å²) in [6, 6.07) is 17.5. The first kappa shape index (κ1) is 16.8. The molecule has 1 aliphatic heterocycles. The highest BCUT2D eigenvalue weighted by atomic mass is 16.5. The van der Waals surface area contributed by atoms with Crippen molar-refractivity contribution in [2.24, 2.45) is 0 Å². The molecule has 1 unspecified atom stereocenters. The van der Waals surface area contributed by atoms with E-state index in [4.69, 9.17) is 9.84 Å². The predicted molar refractivity (Wildman–Crippen MR) is 94.7 cm³/mol. The number of benzene rings is 2. The van der Waals surface area contributed by atoms with E-state index in [1.54, 1.807) is 18.4 Å². The zero-order valence-corrected chi connectivity index (χ0v) is 13.6. The lowest BCUT2D eigenvalue weighted by Crippen LogP contribution is -2.35. The molecule has 128 valence electrons. The number of hydrogen-bond acceptors (Lipinski definition) is 4.